The van der Waals surface area contributed by atoms with Crippen molar-refractivity contribution in [2.24, 2.45) is 0 Å². The predicted octanol–water partition coefficient (Wildman–Crippen LogP) is 0.783. The molecule has 3 N–H and O–H groups in total. The van der Waals surface area contributed by atoms with Crippen molar-refractivity contribution >= 4 is 34.3 Å². The number of rotatable bonds is 11. The van der Waals surface area contributed by atoms with Crippen molar-refractivity contribution < 1.29 is 45.1 Å². The van der Waals surface area contributed by atoms with Crippen molar-refractivity contribution in [3.05, 3.63) is 29.8 Å². The molecule has 1 amide bonds. The topological polar surface area (TPSA) is 167 Å². The van der Waals surface area contributed by atoms with Gasteiger partial charge in [-0.3, -0.25) is 4.18 Å². The summed E-state index contributed by atoms with van der Waals surface area (Å²) in [4.78, 5) is 11.9. The van der Waals surface area contributed by atoms with Crippen molar-refractivity contribution in [2.75, 3.05) is 26.6 Å². The normalized spacial score (nSPS) is 25.4. The van der Waals surface area contributed by atoms with Crippen LogP contribution in [-0.4, -0.2) is 93.3 Å². The fourth-order valence-corrected chi connectivity index (χ4v) is 8.66. The number of carbonyl (C=O) groups excluding carboxylic acids is 1. The minimum Gasteiger partial charge on any atom is -0.453 e. The summed E-state index contributed by atoms with van der Waals surface area (Å²) in [5.41, 5.74) is 0.859. The highest BCUT2D eigenvalue weighted by Gasteiger charge is 2.48. The molecule has 206 valence electrons. The molecule has 1 aliphatic heterocycles. The van der Waals surface area contributed by atoms with Crippen LogP contribution in [0.3, 0.4) is 0 Å². The number of methoxy groups -OCH3 is 2. The first-order chi connectivity index (χ1) is 16.6. The number of aliphatic hydroxyl groups is 1. The zero-order chi connectivity index (χ0) is 27.3. The van der Waals surface area contributed by atoms with Crippen molar-refractivity contribution in [1.82, 2.24) is 10.0 Å². The fourth-order valence-electron chi connectivity index (χ4n) is 3.43. The first-order valence-electron chi connectivity index (χ1n) is 11.3. The number of aliphatic hydroxyl groups excluding tert-OH is 1. The quantitative estimate of drug-likeness (QED) is 0.256. The number of hydrogen-bond acceptors (Lipinski definition) is 10. The molecule has 15 heteroatoms. The van der Waals surface area contributed by atoms with Gasteiger partial charge in [0.1, 0.15) is 12.2 Å². The summed E-state index contributed by atoms with van der Waals surface area (Å²) in [6, 6.07) is 3.95. The van der Waals surface area contributed by atoms with Gasteiger partial charge in [0.2, 0.25) is 10.0 Å². The van der Waals surface area contributed by atoms with Gasteiger partial charge in [-0.25, -0.2) is 17.9 Å². The molecule has 1 fully saturated rings. The molecule has 0 aliphatic carbocycles. The third-order valence-corrected chi connectivity index (χ3v) is 10.4. The molecule has 1 heterocycles. The van der Waals surface area contributed by atoms with Gasteiger partial charge in [-0.15, -0.1) is 0 Å². The molecule has 12 nitrogen and oxygen atoms in total. The molecule has 1 aliphatic rings. The zero-order valence-electron chi connectivity index (χ0n) is 21.3. The van der Waals surface area contributed by atoms with Crippen molar-refractivity contribution in [1.29, 1.82) is 0 Å². The van der Waals surface area contributed by atoms with E-state index in [2.05, 4.69) is 14.8 Å². The van der Waals surface area contributed by atoms with E-state index in [1.54, 1.807) is 19.1 Å². The number of amides is 1. The molecule has 0 unspecified atom stereocenters. The largest absolute Gasteiger partial charge is 0.453 e. The average molecular weight is 569 g/mol. The second-order valence-electron chi connectivity index (χ2n) is 9.76. The molecular formula is C21H36N2O10S2Si. The standard InChI is InChI=1S/C21H36N2O10S2Si/c1-14-7-9-15(10-8-14)35(28,29)32-13-16-19(24)17(22-21(25)31-3)18(20(30-2)33-16)23-34(26,27)11-12-36(4,5)6/h7-10,16-20,23-24H,11-13H2,1-6H3,(H,22,25)/t16-,17+,18+,19-,20+/m1/s1. The fraction of sp³-hybridized carbons (Fsp3) is 0.667. The molecule has 5 atom stereocenters. The minimum absolute atomic E-state index is 0.0843. The smallest absolute Gasteiger partial charge is 0.407 e. The van der Waals surface area contributed by atoms with Crippen molar-refractivity contribution in [3.63, 3.8) is 0 Å². The lowest BCUT2D eigenvalue weighted by molar-refractivity contribution is -0.236. The summed E-state index contributed by atoms with van der Waals surface area (Å²) in [5, 5.41) is 13.4. The van der Waals surface area contributed by atoms with Crippen molar-refractivity contribution in [2.45, 2.75) is 68.1 Å². The molecule has 2 rings (SSSR count). The van der Waals surface area contributed by atoms with Crippen LogP contribution in [0.15, 0.2) is 29.2 Å². The van der Waals surface area contributed by atoms with E-state index in [-0.39, 0.29) is 10.6 Å². The number of sulfonamides is 1. The second-order valence-corrected chi connectivity index (χ2v) is 18.9. The number of benzene rings is 1. The van der Waals surface area contributed by atoms with Gasteiger partial charge in [-0.05, 0) is 25.1 Å². The number of hydrogen-bond donors (Lipinski definition) is 3. The van der Waals surface area contributed by atoms with E-state index >= 15 is 0 Å². The first kappa shape index (κ1) is 30.6. The Balaban J connectivity index is 2.25. The van der Waals surface area contributed by atoms with E-state index in [9.17, 15) is 26.7 Å². The molecule has 36 heavy (non-hydrogen) atoms. The average Bonchev–Trinajstić information content (AvgIpc) is 2.79. The van der Waals surface area contributed by atoms with Crippen molar-refractivity contribution in [3.8, 4) is 0 Å². The monoisotopic (exact) mass is 568 g/mol. The summed E-state index contributed by atoms with van der Waals surface area (Å²) in [6.45, 7) is 7.28. The highest BCUT2D eigenvalue weighted by Crippen LogP contribution is 2.25. The lowest BCUT2D eigenvalue weighted by Gasteiger charge is -2.44. The van der Waals surface area contributed by atoms with E-state index in [0.29, 0.717) is 6.04 Å². The van der Waals surface area contributed by atoms with Gasteiger partial charge >= 0.3 is 6.09 Å². The maximum absolute atomic E-state index is 12.8. The van der Waals surface area contributed by atoms with Crippen LogP contribution < -0.4 is 10.0 Å². The Morgan fingerprint density at radius 3 is 2.22 bits per heavy atom. The second kappa shape index (κ2) is 12.3. The maximum Gasteiger partial charge on any atom is 0.407 e. The van der Waals surface area contributed by atoms with Gasteiger partial charge in [-0.2, -0.15) is 8.42 Å². The molecule has 1 aromatic carbocycles. The summed E-state index contributed by atoms with van der Waals surface area (Å²) in [7, 11) is -7.36. The number of alkyl carbamates (subject to hydrolysis) is 1. The lowest BCUT2D eigenvalue weighted by Crippen LogP contribution is -2.69. The SMILES string of the molecule is COC(=O)N[C@@H]1[C@H](O)[C@@H](COS(=O)(=O)c2ccc(C)cc2)O[C@H](OC)[C@H]1NS(=O)(=O)CC[Si](C)(C)C. The van der Waals surface area contributed by atoms with E-state index in [1.807, 2.05) is 19.6 Å². The molecule has 0 aromatic heterocycles. The minimum atomic E-state index is -4.18. The Bertz CT molecular complexity index is 1090. The van der Waals surface area contributed by atoms with Crippen LogP contribution in [-0.2, 0) is 38.5 Å². The number of carbonyl (C=O) groups is 1. The Kier molecular flexibility index (Phi) is 10.5. The molecule has 0 spiro atoms. The van der Waals surface area contributed by atoms with Gasteiger partial charge in [0.15, 0.2) is 6.29 Å². The van der Waals surface area contributed by atoms with Gasteiger partial charge in [0.25, 0.3) is 10.1 Å². The maximum atomic E-state index is 12.8. The van der Waals surface area contributed by atoms with Crippen LogP contribution in [0, 0.1) is 6.92 Å². The van der Waals surface area contributed by atoms with E-state index in [1.165, 1.54) is 19.2 Å². The number of ether oxygens (including phenoxy) is 3. The Morgan fingerprint density at radius 2 is 1.69 bits per heavy atom. The Morgan fingerprint density at radius 1 is 1.08 bits per heavy atom. The van der Waals surface area contributed by atoms with E-state index in [0.717, 1.165) is 12.7 Å². The Labute approximate surface area is 213 Å². The van der Waals surface area contributed by atoms with Crippen LogP contribution >= 0.6 is 0 Å². The van der Waals surface area contributed by atoms with Crippen LogP contribution in [0.25, 0.3) is 0 Å². The number of nitrogens with one attached hydrogen (secondary N) is 2. The highest BCUT2D eigenvalue weighted by atomic mass is 32.2. The summed E-state index contributed by atoms with van der Waals surface area (Å²) in [5.74, 6) is -0.155. The third-order valence-electron chi connectivity index (χ3n) is 5.57. The van der Waals surface area contributed by atoms with Crippen LogP contribution in [0.2, 0.25) is 25.7 Å². The molecule has 0 saturated carbocycles. The van der Waals surface area contributed by atoms with Gasteiger partial charge in [0, 0.05) is 15.2 Å². The van der Waals surface area contributed by atoms with Crippen LogP contribution in [0.5, 0.6) is 0 Å². The summed E-state index contributed by atoms with van der Waals surface area (Å²) >= 11 is 0. The lowest BCUT2D eigenvalue weighted by atomic mass is 9.95. The molecule has 1 saturated heterocycles. The van der Waals surface area contributed by atoms with Gasteiger partial charge < -0.3 is 24.6 Å². The molecule has 0 bridgehead atoms. The van der Waals surface area contributed by atoms with E-state index in [4.69, 9.17) is 13.7 Å². The predicted molar refractivity (Wildman–Crippen MR) is 134 cm³/mol. The Hall–Kier alpha value is -1.59. The van der Waals surface area contributed by atoms with E-state index < -0.39 is 71.5 Å². The highest BCUT2D eigenvalue weighted by molar-refractivity contribution is 7.89. The zero-order valence-corrected chi connectivity index (χ0v) is 23.9. The number of aryl methyl sites for hydroxylation is 1. The summed E-state index contributed by atoms with van der Waals surface area (Å²) < 4.78 is 73.9. The van der Waals surface area contributed by atoms with Crippen LogP contribution in [0.4, 0.5) is 4.79 Å². The van der Waals surface area contributed by atoms with Gasteiger partial charge in [0.05, 0.1) is 36.4 Å². The van der Waals surface area contributed by atoms with Gasteiger partial charge in [-0.1, -0.05) is 37.3 Å². The molecular weight excluding hydrogens is 532 g/mol. The molecule has 0 radical (unpaired) electrons. The molecule has 1 aromatic rings. The van der Waals surface area contributed by atoms with Crippen LogP contribution in [0.1, 0.15) is 5.56 Å². The first-order valence-corrected chi connectivity index (χ1v) is 18.0. The third kappa shape index (κ3) is 8.76. The summed E-state index contributed by atoms with van der Waals surface area (Å²) in [6.07, 6.45) is -5.09.